The molecule has 5 heterocycles. The lowest BCUT2D eigenvalue weighted by Gasteiger charge is -2.23. The Hall–Kier alpha value is -3.20. The van der Waals surface area contributed by atoms with Crippen LogP contribution in [0.3, 0.4) is 0 Å². The molecule has 2 N–H and O–H groups in total. The number of hydrogen-bond acceptors (Lipinski definition) is 6. The number of thiophene rings is 1. The number of nitrogens with one attached hydrogen (secondary N) is 1. The van der Waals surface area contributed by atoms with Gasteiger partial charge in [0.2, 0.25) is 0 Å². The largest absolute Gasteiger partial charge is 0.477 e. The first-order valence-electron chi connectivity index (χ1n) is 13.1. The molecule has 2 aliphatic heterocycles. The van der Waals surface area contributed by atoms with Crippen LogP contribution in [0.15, 0.2) is 58.1 Å². The number of halogens is 1. The van der Waals surface area contributed by atoms with Gasteiger partial charge in [0.25, 0.3) is 0 Å². The molecule has 2 saturated heterocycles. The molecule has 4 aromatic rings. The minimum absolute atomic E-state index is 0.174. The van der Waals surface area contributed by atoms with Crippen LogP contribution in [0.25, 0.3) is 32.8 Å². The lowest BCUT2D eigenvalue weighted by molar-refractivity contribution is 0.0703. The van der Waals surface area contributed by atoms with Gasteiger partial charge < -0.3 is 19.7 Å². The maximum absolute atomic E-state index is 12.1. The van der Waals surface area contributed by atoms with E-state index in [0.717, 1.165) is 53.8 Å². The summed E-state index contributed by atoms with van der Waals surface area (Å²) in [7, 11) is 0. The quantitative estimate of drug-likeness (QED) is 0.198. The summed E-state index contributed by atoms with van der Waals surface area (Å²) in [5.41, 5.74) is 2.81. The lowest BCUT2D eigenvalue weighted by Crippen LogP contribution is -2.28. The average molecular weight is 551 g/mol. The van der Waals surface area contributed by atoms with Gasteiger partial charge in [-0.25, -0.2) is 14.8 Å². The van der Waals surface area contributed by atoms with Crippen molar-refractivity contribution in [2.24, 2.45) is 4.99 Å². The van der Waals surface area contributed by atoms with Crippen molar-refractivity contribution in [3.63, 3.8) is 0 Å². The fraction of sp³-hybridized carbons (Fsp3) is 0.345. The zero-order valence-corrected chi connectivity index (χ0v) is 22.7. The molecule has 2 aliphatic rings. The van der Waals surface area contributed by atoms with Crippen LogP contribution in [0.2, 0.25) is 5.02 Å². The SMILES string of the molecule is C1CCNCC1.O=C(O)c1sc2nc(-c3ccco3)cc(-c3ccc(Cl)cc3)c2c1N=CN1CCCCC1. The van der Waals surface area contributed by atoms with E-state index in [1.807, 2.05) is 36.4 Å². The minimum Gasteiger partial charge on any atom is -0.477 e. The first-order chi connectivity index (χ1) is 18.6. The number of hydrogen-bond donors (Lipinski definition) is 2. The number of carboxylic acids is 1. The molecular formula is C29H31ClN4O3S. The number of aromatic nitrogens is 1. The van der Waals surface area contributed by atoms with E-state index in [4.69, 9.17) is 21.0 Å². The van der Waals surface area contributed by atoms with Gasteiger partial charge in [-0.2, -0.15) is 0 Å². The van der Waals surface area contributed by atoms with Gasteiger partial charge in [-0.05, 0) is 86.7 Å². The van der Waals surface area contributed by atoms with Crippen molar-refractivity contribution >= 4 is 51.1 Å². The van der Waals surface area contributed by atoms with Gasteiger partial charge in [0.05, 0.1) is 12.6 Å². The molecule has 0 bridgehead atoms. The van der Waals surface area contributed by atoms with Gasteiger partial charge in [0, 0.05) is 23.5 Å². The first kappa shape index (κ1) is 26.4. The lowest BCUT2D eigenvalue weighted by atomic mass is 10.0. The molecule has 0 radical (unpaired) electrons. The monoisotopic (exact) mass is 550 g/mol. The Morgan fingerprint density at radius 3 is 2.42 bits per heavy atom. The highest BCUT2D eigenvalue weighted by Gasteiger charge is 2.23. The summed E-state index contributed by atoms with van der Waals surface area (Å²) in [5.74, 6) is -0.397. The second-order valence-electron chi connectivity index (χ2n) is 9.46. The highest BCUT2D eigenvalue weighted by molar-refractivity contribution is 7.21. The summed E-state index contributed by atoms with van der Waals surface area (Å²) in [6, 6.07) is 13.0. The van der Waals surface area contributed by atoms with Gasteiger partial charge in [-0.3, -0.25) is 0 Å². The molecule has 9 heteroatoms. The van der Waals surface area contributed by atoms with Crippen LogP contribution in [0.1, 0.15) is 48.2 Å². The van der Waals surface area contributed by atoms with E-state index >= 15 is 0 Å². The zero-order valence-electron chi connectivity index (χ0n) is 21.2. The molecule has 0 atom stereocenters. The summed E-state index contributed by atoms with van der Waals surface area (Å²) in [6.07, 6.45) is 11.0. The van der Waals surface area contributed by atoms with Gasteiger partial charge in [-0.1, -0.05) is 30.2 Å². The molecule has 1 aromatic carbocycles. The summed E-state index contributed by atoms with van der Waals surface area (Å²) < 4.78 is 5.56. The Morgan fingerprint density at radius 2 is 1.82 bits per heavy atom. The minimum atomic E-state index is -1.01. The molecule has 0 saturated carbocycles. The van der Waals surface area contributed by atoms with Crippen LogP contribution in [0.4, 0.5) is 5.69 Å². The summed E-state index contributed by atoms with van der Waals surface area (Å²) in [5, 5.41) is 14.5. The molecule has 0 spiro atoms. The van der Waals surface area contributed by atoms with Crippen molar-refractivity contribution in [1.82, 2.24) is 15.2 Å². The third kappa shape index (κ3) is 6.26. The zero-order chi connectivity index (χ0) is 26.3. The molecule has 7 nitrogen and oxygen atoms in total. The maximum atomic E-state index is 12.1. The number of rotatable bonds is 5. The molecular weight excluding hydrogens is 520 g/mol. The second kappa shape index (κ2) is 12.6. The normalized spacial score (nSPS) is 16.0. The third-order valence-electron chi connectivity index (χ3n) is 6.71. The smallest absolute Gasteiger partial charge is 0.348 e. The Bertz CT molecular complexity index is 1380. The number of benzene rings is 1. The number of carbonyl (C=O) groups is 1. The summed E-state index contributed by atoms with van der Waals surface area (Å²) in [6.45, 7) is 4.36. The number of fused-ring (bicyclic) bond motifs is 1. The van der Waals surface area contributed by atoms with Crippen molar-refractivity contribution in [2.75, 3.05) is 26.2 Å². The number of nitrogens with zero attached hydrogens (tertiary/aromatic N) is 3. The van der Waals surface area contributed by atoms with Crippen LogP contribution in [-0.4, -0.2) is 53.5 Å². The van der Waals surface area contributed by atoms with E-state index in [-0.39, 0.29) is 4.88 Å². The number of likely N-dealkylation sites (tertiary alicyclic amines) is 1. The van der Waals surface area contributed by atoms with Gasteiger partial charge in [0.15, 0.2) is 5.76 Å². The number of carboxylic acid groups (broad SMARTS) is 1. The van der Waals surface area contributed by atoms with Crippen LogP contribution in [-0.2, 0) is 0 Å². The molecule has 0 unspecified atom stereocenters. The average Bonchev–Trinajstić information content (AvgIpc) is 3.62. The number of aliphatic imine (C=N–C) groups is 1. The van der Waals surface area contributed by atoms with Gasteiger partial charge >= 0.3 is 5.97 Å². The first-order valence-corrected chi connectivity index (χ1v) is 14.3. The topological polar surface area (TPSA) is 91.0 Å². The van der Waals surface area contributed by atoms with E-state index in [1.165, 1.54) is 38.8 Å². The Kier molecular flexibility index (Phi) is 8.73. The highest BCUT2D eigenvalue weighted by Crippen LogP contribution is 2.44. The molecule has 6 rings (SSSR count). The summed E-state index contributed by atoms with van der Waals surface area (Å²) in [4.78, 5) is 24.4. The number of aromatic carboxylic acids is 1. The molecule has 3 aromatic heterocycles. The van der Waals surface area contributed by atoms with Crippen molar-refractivity contribution in [3.05, 3.63) is 58.6 Å². The van der Waals surface area contributed by atoms with Crippen molar-refractivity contribution in [3.8, 4) is 22.6 Å². The fourth-order valence-corrected chi connectivity index (χ4v) is 5.84. The van der Waals surface area contributed by atoms with Crippen molar-refractivity contribution < 1.29 is 14.3 Å². The predicted molar refractivity (Wildman–Crippen MR) is 155 cm³/mol. The summed E-state index contributed by atoms with van der Waals surface area (Å²) >= 11 is 7.24. The van der Waals surface area contributed by atoms with Gasteiger partial charge in [-0.15, -0.1) is 11.3 Å². The maximum Gasteiger partial charge on any atom is 0.348 e. The molecule has 2 fully saturated rings. The molecule has 0 amide bonds. The van der Waals surface area contributed by atoms with Gasteiger partial charge in [0.1, 0.15) is 21.1 Å². The predicted octanol–water partition coefficient (Wildman–Crippen LogP) is 7.48. The molecule has 198 valence electrons. The van der Waals surface area contributed by atoms with Crippen LogP contribution in [0.5, 0.6) is 0 Å². The highest BCUT2D eigenvalue weighted by atomic mass is 35.5. The van der Waals surface area contributed by atoms with E-state index in [2.05, 4.69) is 15.2 Å². The molecule has 0 aliphatic carbocycles. The molecule has 38 heavy (non-hydrogen) atoms. The fourth-order valence-electron chi connectivity index (χ4n) is 4.73. The van der Waals surface area contributed by atoms with Crippen molar-refractivity contribution in [2.45, 2.75) is 38.5 Å². The number of pyridine rings is 1. The third-order valence-corrected chi connectivity index (χ3v) is 8.02. The Balaban J connectivity index is 0.000000433. The number of furan rings is 1. The second-order valence-corrected chi connectivity index (χ2v) is 10.9. The van der Waals surface area contributed by atoms with E-state index in [9.17, 15) is 9.90 Å². The standard InChI is InChI=1S/C24H20ClN3O3S.C5H11N/c25-16-8-6-15(7-9-16)17-13-18(19-5-4-12-31-19)27-23-20(17)21(22(32-23)24(29)30)26-14-28-10-2-1-3-11-28;1-2-4-6-5-3-1/h4-9,12-14H,1-3,10-11H2,(H,29,30);6H,1-5H2. The van der Waals surface area contributed by atoms with Crippen LogP contribution in [0, 0.1) is 0 Å². The van der Waals surface area contributed by atoms with E-state index in [0.29, 0.717) is 27.0 Å². The number of piperidine rings is 2. The van der Waals surface area contributed by atoms with E-state index in [1.54, 1.807) is 18.7 Å². The van der Waals surface area contributed by atoms with E-state index < -0.39 is 5.97 Å². The van der Waals surface area contributed by atoms with Crippen LogP contribution >= 0.6 is 22.9 Å². The Labute approximate surface area is 231 Å². The van der Waals surface area contributed by atoms with Crippen molar-refractivity contribution in [1.29, 1.82) is 0 Å². The Morgan fingerprint density at radius 1 is 1.08 bits per heavy atom. The van der Waals surface area contributed by atoms with Crippen LogP contribution < -0.4 is 5.32 Å².